The highest BCUT2D eigenvalue weighted by Crippen LogP contribution is 2.13. The predicted octanol–water partition coefficient (Wildman–Crippen LogP) is 0.903. The molecule has 0 radical (unpaired) electrons. The summed E-state index contributed by atoms with van der Waals surface area (Å²) in [6.45, 7) is 0.343. The minimum atomic E-state index is -1.71. The predicted molar refractivity (Wildman–Crippen MR) is 31.4 cm³/mol. The van der Waals surface area contributed by atoms with E-state index in [9.17, 15) is 13.6 Å². The van der Waals surface area contributed by atoms with Crippen molar-refractivity contribution < 1.29 is 13.6 Å². The number of halogens is 2. The highest BCUT2D eigenvalue weighted by atomic mass is 19.3. The van der Waals surface area contributed by atoms with Crippen LogP contribution in [0.5, 0.6) is 0 Å². The van der Waals surface area contributed by atoms with Gasteiger partial charge < -0.3 is 5.32 Å². The van der Waals surface area contributed by atoms with Gasteiger partial charge >= 0.3 is 0 Å². The first-order valence-corrected chi connectivity index (χ1v) is 2.98. The van der Waals surface area contributed by atoms with Crippen molar-refractivity contribution in [3.8, 4) is 0 Å². The van der Waals surface area contributed by atoms with Crippen LogP contribution in [0.15, 0.2) is 12.2 Å². The third-order valence-corrected chi connectivity index (χ3v) is 1.37. The van der Waals surface area contributed by atoms with E-state index in [2.05, 4.69) is 5.32 Å². The van der Waals surface area contributed by atoms with Crippen LogP contribution in [0.3, 0.4) is 0 Å². The smallest absolute Gasteiger partial charge is 0.266 e. The average Bonchev–Trinajstić information content (AvgIpc) is 2.13. The van der Waals surface area contributed by atoms with Crippen molar-refractivity contribution in [3.05, 3.63) is 12.2 Å². The Kier molecular flexibility index (Phi) is 1.99. The fourth-order valence-corrected chi connectivity index (χ4v) is 0.923. The van der Waals surface area contributed by atoms with Crippen molar-refractivity contribution in [1.29, 1.82) is 0 Å². The van der Waals surface area contributed by atoms with Gasteiger partial charge in [-0.15, -0.1) is 0 Å². The van der Waals surface area contributed by atoms with E-state index in [1.54, 1.807) is 0 Å². The molecule has 0 spiro atoms. The summed E-state index contributed by atoms with van der Waals surface area (Å²) in [6.07, 6.45) is -0.698. The van der Waals surface area contributed by atoms with E-state index in [1.165, 1.54) is 0 Å². The summed E-state index contributed by atoms with van der Waals surface area (Å²) in [7, 11) is 0. The summed E-state index contributed by atoms with van der Waals surface area (Å²) in [5.41, 5.74) is 0. The van der Waals surface area contributed by atoms with E-state index < -0.39 is 6.08 Å². The molecule has 0 aliphatic carbocycles. The van der Waals surface area contributed by atoms with Crippen LogP contribution in [0, 0.1) is 5.92 Å². The minimum Gasteiger partial charge on any atom is -0.355 e. The maximum atomic E-state index is 11.5. The molecule has 1 aliphatic heterocycles. The summed E-state index contributed by atoms with van der Waals surface area (Å²) in [4.78, 5) is 10.4. The standard InChI is InChI=1S/C6H7F2NO/c7-5(8)1-4-2-6(10)9-3-4/h1,4H,2-3H2,(H,9,10)/t4-/m1/s1. The quantitative estimate of drug-likeness (QED) is 0.586. The van der Waals surface area contributed by atoms with Gasteiger partial charge in [0.2, 0.25) is 5.91 Å². The molecule has 1 rings (SSSR count). The van der Waals surface area contributed by atoms with Crippen molar-refractivity contribution in [1.82, 2.24) is 5.32 Å². The molecule has 56 valence electrons. The maximum Gasteiger partial charge on any atom is 0.266 e. The van der Waals surface area contributed by atoms with Gasteiger partial charge in [-0.1, -0.05) is 0 Å². The van der Waals surface area contributed by atoms with E-state index in [0.29, 0.717) is 6.54 Å². The number of amides is 1. The summed E-state index contributed by atoms with van der Waals surface area (Å²) >= 11 is 0. The second-order valence-electron chi connectivity index (χ2n) is 2.22. The van der Waals surface area contributed by atoms with Gasteiger partial charge in [-0.3, -0.25) is 4.79 Å². The van der Waals surface area contributed by atoms with Gasteiger partial charge in [0.1, 0.15) is 0 Å². The van der Waals surface area contributed by atoms with Crippen LogP contribution in [0.2, 0.25) is 0 Å². The Morgan fingerprint density at radius 3 is 2.80 bits per heavy atom. The lowest BCUT2D eigenvalue weighted by Crippen LogP contribution is -2.13. The molecule has 0 aromatic carbocycles. The number of rotatable bonds is 1. The normalized spacial score (nSPS) is 24.2. The van der Waals surface area contributed by atoms with Gasteiger partial charge in [-0.25, -0.2) is 0 Å². The fraction of sp³-hybridized carbons (Fsp3) is 0.500. The maximum absolute atomic E-state index is 11.5. The molecule has 0 bridgehead atoms. The average molecular weight is 147 g/mol. The molecule has 4 heteroatoms. The molecule has 0 aromatic rings. The van der Waals surface area contributed by atoms with Crippen LogP contribution in [0.1, 0.15) is 6.42 Å². The zero-order valence-electron chi connectivity index (χ0n) is 5.23. The molecule has 0 aromatic heterocycles. The number of carbonyl (C=O) groups excluding carboxylic acids is 1. The van der Waals surface area contributed by atoms with Gasteiger partial charge in [0.15, 0.2) is 0 Å². The lowest BCUT2D eigenvalue weighted by Gasteiger charge is -1.94. The molecule has 1 saturated heterocycles. The molecule has 2 nitrogen and oxygen atoms in total. The Morgan fingerprint density at radius 1 is 1.70 bits per heavy atom. The second kappa shape index (κ2) is 2.77. The van der Waals surface area contributed by atoms with Crippen LogP contribution >= 0.6 is 0 Å². The van der Waals surface area contributed by atoms with Gasteiger partial charge in [0.25, 0.3) is 6.08 Å². The Hall–Kier alpha value is -0.930. The first-order chi connectivity index (χ1) is 4.68. The molecule has 0 saturated carbocycles. The molecule has 0 unspecified atom stereocenters. The molecule has 1 aliphatic rings. The van der Waals surface area contributed by atoms with Crippen LogP contribution in [0.4, 0.5) is 8.78 Å². The Balaban J connectivity index is 2.46. The Bertz CT molecular complexity index is 175. The monoisotopic (exact) mass is 147 g/mol. The number of hydrogen-bond donors (Lipinski definition) is 1. The van der Waals surface area contributed by atoms with E-state index in [-0.39, 0.29) is 18.2 Å². The summed E-state index contributed by atoms with van der Waals surface area (Å²) in [5.74, 6) is -0.458. The third-order valence-electron chi connectivity index (χ3n) is 1.37. The van der Waals surface area contributed by atoms with Crippen molar-refractivity contribution in [2.75, 3.05) is 6.54 Å². The highest BCUT2D eigenvalue weighted by molar-refractivity contribution is 5.78. The first-order valence-electron chi connectivity index (χ1n) is 2.98. The number of carbonyl (C=O) groups is 1. The molecule has 1 heterocycles. The lowest BCUT2D eigenvalue weighted by molar-refractivity contribution is -0.119. The summed E-state index contributed by atoms with van der Waals surface area (Å²) in [5, 5.41) is 2.46. The molecule has 1 amide bonds. The van der Waals surface area contributed by atoms with Gasteiger partial charge in [-0.2, -0.15) is 8.78 Å². The minimum absolute atomic E-state index is 0.150. The lowest BCUT2D eigenvalue weighted by atomic mass is 10.1. The van der Waals surface area contributed by atoms with Crippen LogP contribution in [0.25, 0.3) is 0 Å². The molecule has 1 fully saturated rings. The summed E-state index contributed by atoms with van der Waals surface area (Å²) in [6, 6.07) is 0. The van der Waals surface area contributed by atoms with Crippen molar-refractivity contribution >= 4 is 5.91 Å². The molecule has 1 N–H and O–H groups in total. The number of nitrogens with one attached hydrogen (secondary N) is 1. The number of hydrogen-bond acceptors (Lipinski definition) is 1. The largest absolute Gasteiger partial charge is 0.355 e. The zero-order valence-corrected chi connectivity index (χ0v) is 5.23. The fourth-order valence-electron chi connectivity index (χ4n) is 0.923. The molecular formula is C6H7F2NO. The van der Waals surface area contributed by atoms with Crippen molar-refractivity contribution in [2.45, 2.75) is 6.42 Å². The van der Waals surface area contributed by atoms with E-state index in [4.69, 9.17) is 0 Å². The topological polar surface area (TPSA) is 29.1 Å². The SMILES string of the molecule is O=C1C[C@@H](C=C(F)F)CN1. The summed E-state index contributed by atoms with van der Waals surface area (Å²) < 4.78 is 23.1. The molecule has 10 heavy (non-hydrogen) atoms. The van der Waals surface area contributed by atoms with Gasteiger partial charge in [-0.05, 0) is 6.08 Å². The molecular weight excluding hydrogens is 140 g/mol. The molecule has 1 atom stereocenters. The van der Waals surface area contributed by atoms with Crippen molar-refractivity contribution in [3.63, 3.8) is 0 Å². The van der Waals surface area contributed by atoms with Crippen LogP contribution in [-0.2, 0) is 4.79 Å². The van der Waals surface area contributed by atoms with Crippen molar-refractivity contribution in [2.24, 2.45) is 5.92 Å². The third kappa shape index (κ3) is 1.79. The first kappa shape index (κ1) is 7.18. The zero-order chi connectivity index (χ0) is 7.56. The van der Waals surface area contributed by atoms with E-state index in [0.717, 1.165) is 6.08 Å². The van der Waals surface area contributed by atoms with Crippen LogP contribution in [-0.4, -0.2) is 12.5 Å². The highest BCUT2D eigenvalue weighted by Gasteiger charge is 2.19. The van der Waals surface area contributed by atoms with E-state index >= 15 is 0 Å². The Labute approximate surface area is 56.9 Å². The second-order valence-corrected chi connectivity index (χ2v) is 2.22. The van der Waals surface area contributed by atoms with Gasteiger partial charge in [0, 0.05) is 18.9 Å². The van der Waals surface area contributed by atoms with Gasteiger partial charge in [0.05, 0.1) is 0 Å². The Morgan fingerprint density at radius 2 is 2.40 bits per heavy atom. The van der Waals surface area contributed by atoms with Crippen LogP contribution < -0.4 is 5.32 Å². The van der Waals surface area contributed by atoms with E-state index in [1.807, 2.05) is 0 Å².